The van der Waals surface area contributed by atoms with Gasteiger partial charge in [0.1, 0.15) is 17.6 Å². The van der Waals surface area contributed by atoms with Crippen molar-refractivity contribution in [2.24, 2.45) is 17.8 Å². The van der Waals surface area contributed by atoms with Gasteiger partial charge in [0.2, 0.25) is 5.91 Å². The summed E-state index contributed by atoms with van der Waals surface area (Å²) < 4.78 is 12.2. The van der Waals surface area contributed by atoms with Crippen molar-refractivity contribution >= 4 is 29.2 Å². The van der Waals surface area contributed by atoms with Crippen LogP contribution in [-0.4, -0.2) is 83.9 Å². The van der Waals surface area contributed by atoms with Crippen molar-refractivity contribution in [3.63, 3.8) is 0 Å². The first-order valence-electron chi connectivity index (χ1n) is 14.7. The maximum atomic E-state index is 14.7. The van der Waals surface area contributed by atoms with Gasteiger partial charge in [-0.1, -0.05) is 19.9 Å². The number of nitrogens with zero attached hydrogens (tertiary/aromatic N) is 3. The summed E-state index contributed by atoms with van der Waals surface area (Å²) in [6.07, 6.45) is 2.56. The standard InChI is InChI=1S/C31H45N3O6/c1-8-17-33(23-15-13-22(14-16-23)32(10-3)11-4)28(37)26-31-18-20(6)30(7,40-31)25(29(38)39-12-5)24(31)27(36)34(26)21(9-2)19-35/h8,13-16,20-21,24-26,35H,1,9-12,17-19H2,2-7H3/t20?,21-,24-,25-,26?,30+,31?/m0/s1. The Labute approximate surface area is 238 Å². The van der Waals surface area contributed by atoms with E-state index in [0.717, 1.165) is 18.8 Å². The molecular formula is C31H45N3O6. The zero-order chi connectivity index (χ0) is 29.4. The van der Waals surface area contributed by atoms with E-state index in [1.54, 1.807) is 17.9 Å². The van der Waals surface area contributed by atoms with Gasteiger partial charge in [0, 0.05) is 31.0 Å². The largest absolute Gasteiger partial charge is 0.466 e. The molecule has 0 aliphatic carbocycles. The van der Waals surface area contributed by atoms with E-state index in [0.29, 0.717) is 18.5 Å². The van der Waals surface area contributed by atoms with Gasteiger partial charge in [-0.15, -0.1) is 6.58 Å². The van der Waals surface area contributed by atoms with E-state index in [1.165, 1.54) is 4.90 Å². The third-order valence-electron chi connectivity index (χ3n) is 9.47. The van der Waals surface area contributed by atoms with E-state index >= 15 is 0 Å². The monoisotopic (exact) mass is 555 g/mol. The van der Waals surface area contributed by atoms with E-state index in [1.807, 2.05) is 45.0 Å². The number of aliphatic hydroxyl groups excluding tert-OH is 1. The second kappa shape index (κ2) is 11.5. The number of carbonyl (C=O) groups is 3. The van der Waals surface area contributed by atoms with Crippen molar-refractivity contribution in [2.45, 2.75) is 77.7 Å². The Hall–Kier alpha value is -2.91. The lowest BCUT2D eigenvalue weighted by molar-refractivity contribution is -0.162. The Balaban J connectivity index is 1.82. The zero-order valence-electron chi connectivity index (χ0n) is 24.8. The van der Waals surface area contributed by atoms with Crippen LogP contribution >= 0.6 is 0 Å². The lowest BCUT2D eigenvalue weighted by Gasteiger charge is -2.39. The fourth-order valence-corrected chi connectivity index (χ4v) is 7.38. The molecule has 1 N–H and O–H groups in total. The van der Waals surface area contributed by atoms with Crippen LogP contribution in [-0.2, 0) is 23.9 Å². The molecule has 0 saturated carbocycles. The van der Waals surface area contributed by atoms with E-state index in [2.05, 4.69) is 25.3 Å². The number of anilines is 2. The molecule has 7 atom stereocenters. The molecule has 4 rings (SSSR count). The molecule has 9 nitrogen and oxygen atoms in total. The second-order valence-corrected chi connectivity index (χ2v) is 11.4. The van der Waals surface area contributed by atoms with Crippen LogP contribution in [0, 0.1) is 17.8 Å². The molecule has 3 unspecified atom stereocenters. The molecule has 3 heterocycles. The molecule has 0 aromatic heterocycles. The summed E-state index contributed by atoms with van der Waals surface area (Å²) in [5.74, 6) is -2.89. The van der Waals surface area contributed by atoms with Crippen LogP contribution in [0.4, 0.5) is 11.4 Å². The van der Waals surface area contributed by atoms with Gasteiger partial charge in [-0.2, -0.15) is 0 Å². The Morgan fingerprint density at radius 1 is 1.20 bits per heavy atom. The highest BCUT2D eigenvalue weighted by atomic mass is 16.6. The first kappa shape index (κ1) is 30.1. The van der Waals surface area contributed by atoms with Crippen molar-refractivity contribution in [2.75, 3.05) is 42.6 Å². The average molecular weight is 556 g/mol. The van der Waals surface area contributed by atoms with Crippen molar-refractivity contribution in [1.29, 1.82) is 0 Å². The predicted octanol–water partition coefficient (Wildman–Crippen LogP) is 3.40. The van der Waals surface area contributed by atoms with Crippen LogP contribution in [0.1, 0.15) is 54.4 Å². The lowest BCUT2D eigenvalue weighted by Crippen LogP contribution is -2.59. The first-order chi connectivity index (χ1) is 19.1. The van der Waals surface area contributed by atoms with E-state index in [-0.39, 0.29) is 37.5 Å². The van der Waals surface area contributed by atoms with Crippen molar-refractivity contribution in [3.05, 3.63) is 36.9 Å². The van der Waals surface area contributed by atoms with Gasteiger partial charge < -0.3 is 29.3 Å². The van der Waals surface area contributed by atoms with E-state index in [9.17, 15) is 19.5 Å². The van der Waals surface area contributed by atoms with Gasteiger partial charge in [-0.3, -0.25) is 14.4 Å². The fraction of sp³-hybridized carbons (Fsp3) is 0.645. The van der Waals surface area contributed by atoms with Crippen LogP contribution in [0.5, 0.6) is 0 Å². The number of rotatable bonds is 12. The minimum atomic E-state index is -1.21. The molecule has 40 heavy (non-hydrogen) atoms. The molecule has 3 aliphatic rings. The highest BCUT2D eigenvalue weighted by molar-refractivity contribution is 6.05. The minimum Gasteiger partial charge on any atom is -0.466 e. The molecule has 0 radical (unpaired) electrons. The van der Waals surface area contributed by atoms with Crippen molar-refractivity contribution in [3.8, 4) is 0 Å². The number of likely N-dealkylation sites (tertiary alicyclic amines) is 1. The van der Waals surface area contributed by atoms with Crippen LogP contribution in [0.3, 0.4) is 0 Å². The maximum absolute atomic E-state index is 14.7. The molecule has 2 amide bonds. The van der Waals surface area contributed by atoms with E-state index < -0.39 is 41.1 Å². The number of ether oxygens (including phenoxy) is 2. The summed E-state index contributed by atoms with van der Waals surface area (Å²) in [5.41, 5.74) is -0.409. The zero-order valence-corrected chi connectivity index (χ0v) is 24.8. The quantitative estimate of drug-likeness (QED) is 0.312. The van der Waals surface area contributed by atoms with Crippen LogP contribution in [0.2, 0.25) is 0 Å². The lowest BCUT2D eigenvalue weighted by atomic mass is 9.62. The number of aliphatic hydroxyl groups is 1. The number of benzene rings is 1. The number of carbonyl (C=O) groups excluding carboxylic acids is 3. The van der Waals surface area contributed by atoms with Gasteiger partial charge in [-0.25, -0.2) is 0 Å². The maximum Gasteiger partial charge on any atom is 0.312 e. The van der Waals surface area contributed by atoms with Crippen LogP contribution in [0.25, 0.3) is 0 Å². The summed E-state index contributed by atoms with van der Waals surface area (Å²) in [6.45, 7) is 17.4. The second-order valence-electron chi connectivity index (χ2n) is 11.4. The summed E-state index contributed by atoms with van der Waals surface area (Å²) in [7, 11) is 0. The normalized spacial score (nSPS) is 31.2. The molecule has 1 aromatic carbocycles. The number of hydrogen-bond donors (Lipinski definition) is 1. The SMILES string of the molecule is C=CCN(C(=O)C1N([C@@H](CC)CO)C(=O)[C@@H]2[C@@H](C(=O)OCC)[C@]3(C)OC12CC3C)c1ccc(N(CC)CC)cc1. The highest BCUT2D eigenvalue weighted by Gasteiger charge is 2.80. The predicted molar refractivity (Wildman–Crippen MR) is 154 cm³/mol. The Morgan fingerprint density at radius 3 is 2.35 bits per heavy atom. The molecule has 220 valence electrons. The van der Waals surface area contributed by atoms with Crippen LogP contribution < -0.4 is 9.80 Å². The van der Waals surface area contributed by atoms with Gasteiger partial charge in [0.15, 0.2) is 0 Å². The van der Waals surface area contributed by atoms with Gasteiger partial charge >= 0.3 is 5.97 Å². The summed E-state index contributed by atoms with van der Waals surface area (Å²) in [5, 5.41) is 10.3. The third kappa shape index (κ3) is 4.42. The number of amides is 2. The number of esters is 1. The molecule has 3 saturated heterocycles. The van der Waals surface area contributed by atoms with E-state index in [4.69, 9.17) is 9.47 Å². The number of fused-ring (bicyclic) bond motifs is 1. The molecule has 1 spiro atoms. The Bertz CT molecular complexity index is 1120. The topological polar surface area (TPSA) is 99.6 Å². The van der Waals surface area contributed by atoms with Crippen molar-refractivity contribution < 1.29 is 29.0 Å². The molecule has 1 aromatic rings. The summed E-state index contributed by atoms with van der Waals surface area (Å²) in [6, 6.07) is 6.20. The van der Waals surface area contributed by atoms with Crippen LogP contribution in [0.15, 0.2) is 36.9 Å². The molecule has 3 fully saturated rings. The third-order valence-corrected chi connectivity index (χ3v) is 9.47. The smallest absolute Gasteiger partial charge is 0.312 e. The first-order valence-corrected chi connectivity index (χ1v) is 14.7. The number of hydrogen-bond acceptors (Lipinski definition) is 7. The summed E-state index contributed by atoms with van der Waals surface area (Å²) >= 11 is 0. The van der Waals surface area contributed by atoms with Gasteiger partial charge in [0.05, 0.1) is 30.8 Å². The highest BCUT2D eigenvalue weighted by Crippen LogP contribution is 2.65. The van der Waals surface area contributed by atoms with Crippen molar-refractivity contribution in [1.82, 2.24) is 4.90 Å². The molecule has 3 aliphatic heterocycles. The Morgan fingerprint density at radius 2 is 1.82 bits per heavy atom. The van der Waals surface area contributed by atoms with Gasteiger partial charge in [0.25, 0.3) is 5.91 Å². The average Bonchev–Trinajstić information content (AvgIpc) is 3.46. The minimum absolute atomic E-state index is 0.0865. The molecular weight excluding hydrogens is 510 g/mol. The molecule has 9 heteroatoms. The fourth-order valence-electron chi connectivity index (χ4n) is 7.38. The Kier molecular flexibility index (Phi) is 8.66. The molecule has 2 bridgehead atoms. The summed E-state index contributed by atoms with van der Waals surface area (Å²) in [4.78, 5) is 47.6. The van der Waals surface area contributed by atoms with Gasteiger partial charge in [-0.05, 0) is 70.7 Å².